The van der Waals surface area contributed by atoms with E-state index in [1.54, 1.807) is 4.90 Å². The lowest BCUT2D eigenvalue weighted by Gasteiger charge is -2.26. The smallest absolute Gasteiger partial charge is 0.410 e. The molecule has 0 radical (unpaired) electrons. The SMILES string of the molecule is CC(C)(C)OC(=O)N1CCC2C(CC1)C2C(=O)O. The quantitative estimate of drug-likeness (QED) is 0.777. The number of nitrogens with zero attached hydrogens (tertiary/aromatic N) is 1. The molecule has 18 heavy (non-hydrogen) atoms. The Hall–Kier alpha value is -1.26. The number of carbonyl (C=O) groups excluding carboxylic acids is 1. The van der Waals surface area contributed by atoms with Gasteiger partial charge in [-0.15, -0.1) is 0 Å². The van der Waals surface area contributed by atoms with Gasteiger partial charge in [-0.25, -0.2) is 4.79 Å². The predicted molar refractivity (Wildman–Crippen MR) is 65.1 cm³/mol. The van der Waals surface area contributed by atoms with E-state index in [-0.39, 0.29) is 23.8 Å². The highest BCUT2D eigenvalue weighted by molar-refractivity contribution is 5.74. The van der Waals surface area contributed by atoms with E-state index in [4.69, 9.17) is 9.84 Å². The first kappa shape index (κ1) is 13.2. The Balaban J connectivity index is 1.86. The molecule has 102 valence electrons. The second-order valence-electron chi connectivity index (χ2n) is 6.24. The second kappa shape index (κ2) is 4.44. The molecule has 2 fully saturated rings. The van der Waals surface area contributed by atoms with Crippen molar-refractivity contribution in [1.82, 2.24) is 4.90 Å². The predicted octanol–water partition coefficient (Wildman–Crippen LogP) is 1.96. The zero-order valence-electron chi connectivity index (χ0n) is 11.2. The molecule has 1 saturated heterocycles. The number of rotatable bonds is 1. The van der Waals surface area contributed by atoms with Crippen molar-refractivity contribution in [2.24, 2.45) is 17.8 Å². The Morgan fingerprint density at radius 2 is 1.67 bits per heavy atom. The molecule has 1 aliphatic heterocycles. The molecule has 2 aliphatic rings. The maximum Gasteiger partial charge on any atom is 0.410 e. The highest BCUT2D eigenvalue weighted by Gasteiger charge is 2.55. The summed E-state index contributed by atoms with van der Waals surface area (Å²) in [4.78, 5) is 24.5. The van der Waals surface area contributed by atoms with Crippen LogP contribution in [-0.4, -0.2) is 40.8 Å². The van der Waals surface area contributed by atoms with Gasteiger partial charge in [-0.3, -0.25) is 4.79 Å². The van der Waals surface area contributed by atoms with Crippen LogP contribution in [-0.2, 0) is 9.53 Å². The third-order valence-electron chi connectivity index (χ3n) is 3.73. The Labute approximate surface area is 107 Å². The fraction of sp³-hybridized carbons (Fsp3) is 0.846. The second-order valence-corrected chi connectivity index (χ2v) is 6.24. The minimum Gasteiger partial charge on any atom is -0.481 e. The van der Waals surface area contributed by atoms with E-state index in [1.807, 2.05) is 20.8 Å². The Morgan fingerprint density at radius 1 is 1.17 bits per heavy atom. The van der Waals surface area contributed by atoms with Crippen LogP contribution < -0.4 is 0 Å². The van der Waals surface area contributed by atoms with E-state index >= 15 is 0 Å². The van der Waals surface area contributed by atoms with Crippen molar-refractivity contribution in [1.29, 1.82) is 0 Å². The first-order valence-corrected chi connectivity index (χ1v) is 6.50. The molecule has 2 rings (SSSR count). The van der Waals surface area contributed by atoms with Gasteiger partial charge in [0.25, 0.3) is 0 Å². The number of ether oxygens (including phenoxy) is 1. The number of hydrogen-bond donors (Lipinski definition) is 1. The van der Waals surface area contributed by atoms with Gasteiger partial charge < -0.3 is 14.7 Å². The number of amides is 1. The zero-order chi connectivity index (χ0) is 13.5. The molecular weight excluding hydrogens is 234 g/mol. The number of carbonyl (C=O) groups is 2. The summed E-state index contributed by atoms with van der Waals surface area (Å²) in [7, 11) is 0. The maximum absolute atomic E-state index is 11.9. The molecular formula is C13H21NO4. The third-order valence-corrected chi connectivity index (χ3v) is 3.73. The molecule has 0 aromatic heterocycles. The van der Waals surface area contributed by atoms with Crippen LogP contribution in [0.5, 0.6) is 0 Å². The van der Waals surface area contributed by atoms with E-state index < -0.39 is 11.6 Å². The highest BCUT2D eigenvalue weighted by Crippen LogP contribution is 2.52. The van der Waals surface area contributed by atoms with Gasteiger partial charge >= 0.3 is 12.1 Å². The first-order valence-electron chi connectivity index (χ1n) is 6.50. The number of likely N-dealkylation sites (tertiary alicyclic amines) is 1. The summed E-state index contributed by atoms with van der Waals surface area (Å²) in [5.41, 5.74) is -0.476. The van der Waals surface area contributed by atoms with E-state index in [0.29, 0.717) is 13.1 Å². The van der Waals surface area contributed by atoms with Crippen LogP contribution in [0.3, 0.4) is 0 Å². The Morgan fingerprint density at radius 3 is 2.06 bits per heavy atom. The van der Waals surface area contributed by atoms with Gasteiger partial charge in [0.1, 0.15) is 5.60 Å². The van der Waals surface area contributed by atoms with E-state index in [2.05, 4.69) is 0 Å². The summed E-state index contributed by atoms with van der Waals surface area (Å²) < 4.78 is 5.33. The number of carboxylic acids is 1. The lowest BCUT2D eigenvalue weighted by atomic mass is 10.2. The van der Waals surface area contributed by atoms with Gasteiger partial charge in [0.2, 0.25) is 0 Å². The van der Waals surface area contributed by atoms with Crippen LogP contribution in [0.2, 0.25) is 0 Å². The van der Waals surface area contributed by atoms with Gasteiger partial charge in [-0.1, -0.05) is 0 Å². The standard InChI is InChI=1S/C13H21NO4/c1-13(2,3)18-12(17)14-6-4-8-9(5-7-14)10(8)11(15)16/h8-10H,4-7H2,1-3H3,(H,15,16). The van der Waals surface area contributed by atoms with Crippen molar-refractivity contribution in [2.45, 2.75) is 39.2 Å². The summed E-state index contributed by atoms with van der Waals surface area (Å²) in [6.45, 7) is 6.77. The van der Waals surface area contributed by atoms with Crippen molar-refractivity contribution in [3.63, 3.8) is 0 Å². The minimum absolute atomic E-state index is 0.175. The monoisotopic (exact) mass is 255 g/mol. The molecule has 1 aliphatic carbocycles. The number of hydrogen-bond acceptors (Lipinski definition) is 3. The average molecular weight is 255 g/mol. The molecule has 1 N–H and O–H groups in total. The summed E-state index contributed by atoms with van der Waals surface area (Å²) in [5, 5.41) is 9.00. The lowest BCUT2D eigenvalue weighted by molar-refractivity contribution is -0.139. The van der Waals surface area contributed by atoms with Crippen LogP contribution in [0.15, 0.2) is 0 Å². The molecule has 5 heteroatoms. The van der Waals surface area contributed by atoms with Gasteiger partial charge in [0.05, 0.1) is 5.92 Å². The molecule has 0 aromatic rings. The molecule has 1 saturated carbocycles. The summed E-state index contributed by atoms with van der Waals surface area (Å²) >= 11 is 0. The van der Waals surface area contributed by atoms with Crippen molar-refractivity contribution < 1.29 is 19.4 Å². The topological polar surface area (TPSA) is 66.8 Å². The van der Waals surface area contributed by atoms with E-state index in [0.717, 1.165) is 12.8 Å². The van der Waals surface area contributed by atoms with Crippen molar-refractivity contribution in [3.05, 3.63) is 0 Å². The number of carboxylic acid groups (broad SMARTS) is 1. The molecule has 5 nitrogen and oxygen atoms in total. The molecule has 1 amide bonds. The fourth-order valence-electron chi connectivity index (χ4n) is 2.83. The lowest BCUT2D eigenvalue weighted by Crippen LogP contribution is -2.37. The Kier molecular flexibility index (Phi) is 3.25. The van der Waals surface area contributed by atoms with Crippen LogP contribution in [0.25, 0.3) is 0 Å². The van der Waals surface area contributed by atoms with Crippen molar-refractivity contribution in [3.8, 4) is 0 Å². The zero-order valence-corrected chi connectivity index (χ0v) is 11.2. The minimum atomic E-state index is -0.685. The van der Waals surface area contributed by atoms with E-state index in [9.17, 15) is 9.59 Å². The molecule has 2 unspecified atom stereocenters. The first-order chi connectivity index (χ1) is 8.29. The van der Waals surface area contributed by atoms with Gasteiger partial charge in [-0.05, 0) is 45.4 Å². The number of fused-ring (bicyclic) bond motifs is 1. The molecule has 2 atom stereocenters. The molecule has 0 bridgehead atoms. The van der Waals surface area contributed by atoms with Crippen LogP contribution in [0.1, 0.15) is 33.6 Å². The van der Waals surface area contributed by atoms with Crippen molar-refractivity contribution in [2.75, 3.05) is 13.1 Å². The average Bonchev–Trinajstić information content (AvgIpc) is 2.87. The third kappa shape index (κ3) is 2.76. The molecule has 1 heterocycles. The Bertz CT molecular complexity index is 346. The van der Waals surface area contributed by atoms with Crippen molar-refractivity contribution >= 4 is 12.1 Å². The highest BCUT2D eigenvalue weighted by atomic mass is 16.6. The van der Waals surface area contributed by atoms with Gasteiger partial charge in [0.15, 0.2) is 0 Å². The summed E-state index contributed by atoms with van der Waals surface area (Å²) in [6.07, 6.45) is 1.28. The largest absolute Gasteiger partial charge is 0.481 e. The van der Waals surface area contributed by atoms with Crippen LogP contribution in [0, 0.1) is 17.8 Å². The molecule has 0 spiro atoms. The van der Waals surface area contributed by atoms with E-state index in [1.165, 1.54) is 0 Å². The van der Waals surface area contributed by atoms with Gasteiger partial charge in [-0.2, -0.15) is 0 Å². The molecule has 0 aromatic carbocycles. The van der Waals surface area contributed by atoms with Crippen LogP contribution in [0.4, 0.5) is 4.79 Å². The normalized spacial score (nSPS) is 31.3. The number of aliphatic carboxylic acids is 1. The summed E-state index contributed by atoms with van der Waals surface area (Å²) in [6, 6.07) is 0. The summed E-state index contributed by atoms with van der Waals surface area (Å²) in [5.74, 6) is -0.341. The fourth-order valence-corrected chi connectivity index (χ4v) is 2.83. The van der Waals surface area contributed by atoms with Crippen LogP contribution >= 0.6 is 0 Å². The maximum atomic E-state index is 11.9. The van der Waals surface area contributed by atoms with Gasteiger partial charge in [0, 0.05) is 13.1 Å².